The number of hydrogen-bond acceptors (Lipinski definition) is 3. The third kappa shape index (κ3) is 3.08. The van der Waals surface area contributed by atoms with Crippen LogP contribution in [0.2, 0.25) is 0 Å². The summed E-state index contributed by atoms with van der Waals surface area (Å²) in [6.45, 7) is 1.89. The van der Waals surface area contributed by atoms with Crippen LogP contribution in [0.5, 0.6) is 0 Å². The molecule has 0 radical (unpaired) electrons. The van der Waals surface area contributed by atoms with Crippen molar-refractivity contribution in [2.24, 2.45) is 0 Å². The van der Waals surface area contributed by atoms with E-state index in [9.17, 15) is 0 Å². The van der Waals surface area contributed by atoms with Crippen LogP contribution in [0.1, 0.15) is 11.8 Å². The molecule has 0 spiro atoms. The summed E-state index contributed by atoms with van der Waals surface area (Å²) < 4.78 is 2.71. The Morgan fingerprint density at radius 1 is 0.667 bits per heavy atom. The molecule has 0 aliphatic rings. The third-order valence-electron chi connectivity index (χ3n) is 5.34. The molecule has 0 fully saturated rings. The Morgan fingerprint density at radius 2 is 1.20 bits per heavy atom. The fourth-order valence-corrected chi connectivity index (χ4v) is 6.17. The maximum Gasteiger partial charge on any atom is 0.0781 e. The van der Waals surface area contributed by atoms with E-state index < -0.39 is 0 Å². The molecule has 3 heteroatoms. The summed E-state index contributed by atoms with van der Waals surface area (Å²) >= 11 is 5.37. The van der Waals surface area contributed by atoms with E-state index in [0.717, 1.165) is 4.88 Å². The van der Waals surface area contributed by atoms with Crippen LogP contribution in [0, 0.1) is 11.8 Å². The monoisotopic (exact) mass is 440 g/mol. The van der Waals surface area contributed by atoms with Gasteiger partial charge < -0.3 is 0 Å². The molecule has 0 aliphatic carbocycles. The summed E-state index contributed by atoms with van der Waals surface area (Å²) in [6, 6.07) is 22.6. The highest BCUT2D eigenvalue weighted by atomic mass is 32.2. The first-order valence-corrected chi connectivity index (χ1v) is 13.1. The van der Waals surface area contributed by atoms with E-state index in [4.69, 9.17) is 0 Å². The maximum atomic E-state index is 3.21. The van der Waals surface area contributed by atoms with Crippen molar-refractivity contribution >= 4 is 86.9 Å². The molecule has 0 saturated carbocycles. The van der Waals surface area contributed by atoms with Crippen LogP contribution in [0.3, 0.4) is 0 Å². The highest BCUT2D eigenvalue weighted by Crippen LogP contribution is 2.39. The minimum Gasteiger partial charge on any atom is -0.169 e. The zero-order chi connectivity index (χ0) is 20.7. The largest absolute Gasteiger partial charge is 0.169 e. The molecule has 0 amide bonds. The Kier molecular flexibility index (Phi) is 5.16. The highest BCUT2D eigenvalue weighted by molar-refractivity contribution is 7.97. The second-order valence-corrected chi connectivity index (χ2v) is 9.98. The van der Waals surface area contributed by atoms with E-state index in [0.29, 0.717) is 0 Å². The molecular formula is C27H20S3. The summed E-state index contributed by atoms with van der Waals surface area (Å²) in [5, 5.41) is 12.8. The fraction of sp³-hybridized carbons (Fsp3) is 0.111. The molecule has 0 atom stereocenters. The minimum absolute atomic E-state index is 1.14. The van der Waals surface area contributed by atoms with Crippen molar-refractivity contribution in [2.75, 3.05) is 12.5 Å². The van der Waals surface area contributed by atoms with Crippen molar-refractivity contribution in [1.29, 1.82) is 0 Å². The average Bonchev–Trinajstić information content (AvgIpc) is 3.40. The summed E-state index contributed by atoms with van der Waals surface area (Å²) in [5.74, 6) is 6.22. The Bertz CT molecular complexity index is 1600. The normalized spacial score (nSPS) is 11.0. The first-order chi connectivity index (χ1) is 14.7. The number of thioether (sulfide) groups is 1. The van der Waals surface area contributed by atoms with Crippen LogP contribution in [0.15, 0.2) is 66.0 Å². The predicted molar refractivity (Wildman–Crippen MR) is 142 cm³/mol. The molecule has 6 aromatic rings. The first-order valence-electron chi connectivity index (χ1n) is 9.76. The van der Waals surface area contributed by atoms with Crippen LogP contribution >= 0.6 is 34.4 Å². The maximum absolute atomic E-state index is 3.21. The van der Waals surface area contributed by atoms with E-state index in [1.807, 2.05) is 30.8 Å². The van der Waals surface area contributed by atoms with Crippen LogP contribution in [0.4, 0.5) is 0 Å². The van der Waals surface area contributed by atoms with Crippen molar-refractivity contribution in [3.63, 3.8) is 0 Å². The smallest absolute Gasteiger partial charge is 0.0781 e. The van der Waals surface area contributed by atoms with Gasteiger partial charge in [-0.15, -0.1) is 28.6 Å². The van der Waals surface area contributed by atoms with Gasteiger partial charge in [0.2, 0.25) is 0 Å². The Labute approximate surface area is 188 Å². The van der Waals surface area contributed by atoms with Gasteiger partial charge in [-0.3, -0.25) is 0 Å². The molecule has 0 bridgehead atoms. The number of rotatable bonds is 0. The summed E-state index contributed by atoms with van der Waals surface area (Å²) in [4.78, 5) is 1.14. The lowest BCUT2D eigenvalue weighted by Gasteiger charge is -2.09. The van der Waals surface area contributed by atoms with E-state index >= 15 is 0 Å². The van der Waals surface area contributed by atoms with Gasteiger partial charge in [0.15, 0.2) is 0 Å². The molecule has 0 nitrogen and oxygen atoms in total. The number of thiophene rings is 2. The van der Waals surface area contributed by atoms with E-state index in [2.05, 4.69) is 77.9 Å². The van der Waals surface area contributed by atoms with Crippen LogP contribution < -0.4 is 0 Å². The van der Waals surface area contributed by atoms with Gasteiger partial charge in [0, 0.05) is 20.2 Å². The van der Waals surface area contributed by atoms with E-state index in [-0.39, 0.29) is 0 Å². The Morgan fingerprint density at radius 3 is 1.87 bits per heavy atom. The quantitative estimate of drug-likeness (QED) is 0.168. The predicted octanol–water partition coefficient (Wildman–Crippen LogP) is 8.93. The van der Waals surface area contributed by atoms with Gasteiger partial charge in [-0.25, -0.2) is 0 Å². The zero-order valence-corrected chi connectivity index (χ0v) is 19.5. The molecule has 6 rings (SSSR count). The summed E-state index contributed by atoms with van der Waals surface area (Å²) in [7, 11) is 0. The molecule has 4 aromatic carbocycles. The fourth-order valence-electron chi connectivity index (χ4n) is 4.15. The van der Waals surface area contributed by atoms with Crippen molar-refractivity contribution < 1.29 is 0 Å². The zero-order valence-electron chi connectivity index (χ0n) is 17.1. The topological polar surface area (TPSA) is 0 Å². The molecule has 0 unspecified atom stereocenters. The van der Waals surface area contributed by atoms with Gasteiger partial charge in [-0.05, 0) is 69.3 Å². The van der Waals surface area contributed by atoms with Crippen molar-refractivity contribution in [3.8, 4) is 11.8 Å². The van der Waals surface area contributed by atoms with Gasteiger partial charge in [-0.1, -0.05) is 54.5 Å². The van der Waals surface area contributed by atoms with Crippen molar-refractivity contribution in [3.05, 3.63) is 70.9 Å². The molecule has 0 aliphatic heterocycles. The highest BCUT2D eigenvalue weighted by Gasteiger charge is 2.11. The molecule has 2 heterocycles. The second kappa shape index (κ2) is 7.96. The molecule has 30 heavy (non-hydrogen) atoms. The van der Waals surface area contributed by atoms with Crippen LogP contribution in [-0.2, 0) is 0 Å². The molecule has 146 valence electrons. The lowest BCUT2D eigenvalue weighted by atomic mass is 9.96. The third-order valence-corrected chi connectivity index (χ3v) is 7.40. The van der Waals surface area contributed by atoms with Gasteiger partial charge in [0.1, 0.15) is 0 Å². The van der Waals surface area contributed by atoms with Crippen molar-refractivity contribution in [1.82, 2.24) is 0 Å². The molecular weight excluding hydrogens is 420 g/mol. The summed E-state index contributed by atoms with van der Waals surface area (Å²) in [5.41, 5.74) is 0. The van der Waals surface area contributed by atoms with Crippen molar-refractivity contribution in [2.45, 2.75) is 6.92 Å². The SMILES string of the molecule is CC#Cc1cc2ccc3c4ccc5c(ccc6ccsc65)c4ccc3c2s1.CSC. The Hall–Kier alpha value is -2.51. The number of fused-ring (bicyclic) bond motifs is 9. The number of hydrogen-bond donors (Lipinski definition) is 0. The Balaban J connectivity index is 0.000000609. The average molecular weight is 441 g/mol. The molecule has 0 saturated heterocycles. The van der Waals surface area contributed by atoms with Gasteiger partial charge in [-0.2, -0.15) is 11.8 Å². The second-order valence-electron chi connectivity index (χ2n) is 7.20. The van der Waals surface area contributed by atoms with Gasteiger partial charge in [0.05, 0.1) is 4.88 Å². The first kappa shape index (κ1) is 19.5. The lowest BCUT2D eigenvalue weighted by Crippen LogP contribution is -1.81. The summed E-state index contributed by atoms with van der Waals surface area (Å²) in [6.07, 6.45) is 4.08. The standard InChI is InChI=1S/C25H14S2.C2H6S/c1-2-3-17-14-16-5-7-21-19-8-10-22-20(6-4-15-12-13-26-24(15)22)18(19)9-11-23(21)25(16)27-17;1-3-2/h4-14H,1H3;1-2H3. The van der Waals surface area contributed by atoms with Crippen LogP contribution in [0.25, 0.3) is 52.5 Å². The molecule has 2 aromatic heterocycles. The van der Waals surface area contributed by atoms with E-state index in [1.54, 1.807) is 23.1 Å². The van der Waals surface area contributed by atoms with Gasteiger partial charge >= 0.3 is 0 Å². The molecule has 0 N–H and O–H groups in total. The van der Waals surface area contributed by atoms with E-state index in [1.165, 1.54) is 52.5 Å². The van der Waals surface area contributed by atoms with Gasteiger partial charge in [0.25, 0.3) is 0 Å². The minimum atomic E-state index is 1.14. The number of benzene rings is 4. The van der Waals surface area contributed by atoms with Crippen LogP contribution in [-0.4, -0.2) is 12.5 Å². The lowest BCUT2D eigenvalue weighted by molar-refractivity contribution is 1.86.